The van der Waals surface area contributed by atoms with E-state index in [2.05, 4.69) is 21.2 Å². The van der Waals surface area contributed by atoms with E-state index in [0.29, 0.717) is 31.7 Å². The van der Waals surface area contributed by atoms with Gasteiger partial charge in [-0.1, -0.05) is 11.6 Å². The zero-order chi connectivity index (χ0) is 18.1. The first kappa shape index (κ1) is 17.2. The SMILES string of the molecule is O=C(c1ccc(F)c(Cl)c1)N1CCN(c2cc3c(nn2)CCCC3)CC1. The molecule has 1 aromatic carbocycles. The van der Waals surface area contributed by atoms with Gasteiger partial charge in [-0.05, 0) is 55.5 Å². The van der Waals surface area contributed by atoms with Crippen molar-refractivity contribution >= 4 is 23.3 Å². The molecule has 0 spiro atoms. The van der Waals surface area contributed by atoms with Crippen molar-refractivity contribution < 1.29 is 9.18 Å². The number of carbonyl (C=O) groups excluding carboxylic acids is 1. The molecule has 4 rings (SSSR count). The van der Waals surface area contributed by atoms with Crippen LogP contribution in [0, 0.1) is 5.82 Å². The van der Waals surface area contributed by atoms with Crippen molar-refractivity contribution in [1.29, 1.82) is 0 Å². The second-order valence-electron chi connectivity index (χ2n) is 6.79. The second kappa shape index (κ2) is 7.19. The van der Waals surface area contributed by atoms with Gasteiger partial charge in [0.25, 0.3) is 5.91 Å². The molecule has 0 bridgehead atoms. The summed E-state index contributed by atoms with van der Waals surface area (Å²) in [6.07, 6.45) is 4.49. The van der Waals surface area contributed by atoms with Crippen molar-refractivity contribution in [1.82, 2.24) is 15.1 Å². The summed E-state index contributed by atoms with van der Waals surface area (Å²) in [4.78, 5) is 16.5. The van der Waals surface area contributed by atoms with Gasteiger partial charge in [-0.15, -0.1) is 5.10 Å². The minimum absolute atomic E-state index is 0.0289. The van der Waals surface area contributed by atoms with Crippen LogP contribution < -0.4 is 4.90 Å². The number of benzene rings is 1. The van der Waals surface area contributed by atoms with Gasteiger partial charge in [0.05, 0.1) is 10.7 Å². The molecular weight excluding hydrogens is 355 g/mol. The average molecular weight is 375 g/mol. The Morgan fingerprint density at radius 1 is 1.04 bits per heavy atom. The number of aryl methyl sites for hydroxylation is 2. The van der Waals surface area contributed by atoms with Crippen LogP contribution in [0.1, 0.15) is 34.5 Å². The summed E-state index contributed by atoms with van der Waals surface area (Å²) in [5, 5.41) is 8.74. The molecule has 1 aliphatic carbocycles. The molecule has 26 heavy (non-hydrogen) atoms. The molecule has 1 amide bonds. The zero-order valence-corrected chi connectivity index (χ0v) is 15.2. The Bertz CT molecular complexity index is 836. The van der Waals surface area contributed by atoms with Gasteiger partial charge in [-0.25, -0.2) is 4.39 Å². The highest BCUT2D eigenvalue weighted by Gasteiger charge is 2.24. The highest BCUT2D eigenvalue weighted by molar-refractivity contribution is 6.31. The fourth-order valence-corrected chi connectivity index (χ4v) is 3.76. The van der Waals surface area contributed by atoms with Crippen LogP contribution in [0.4, 0.5) is 10.2 Å². The Labute approximate surface area is 156 Å². The normalized spacial score (nSPS) is 17.2. The van der Waals surface area contributed by atoms with Crippen molar-refractivity contribution in [3.8, 4) is 0 Å². The number of hydrogen-bond acceptors (Lipinski definition) is 4. The Balaban J connectivity index is 1.42. The maximum absolute atomic E-state index is 13.3. The van der Waals surface area contributed by atoms with E-state index >= 15 is 0 Å². The van der Waals surface area contributed by atoms with E-state index in [1.54, 1.807) is 4.90 Å². The predicted octanol–water partition coefficient (Wildman–Crippen LogP) is 3.11. The van der Waals surface area contributed by atoms with Gasteiger partial charge in [0.15, 0.2) is 5.82 Å². The number of hydrogen-bond donors (Lipinski definition) is 0. The lowest BCUT2D eigenvalue weighted by atomic mass is 9.97. The van der Waals surface area contributed by atoms with Crippen LogP contribution in [0.5, 0.6) is 0 Å². The van der Waals surface area contributed by atoms with E-state index in [4.69, 9.17) is 11.6 Å². The summed E-state index contributed by atoms with van der Waals surface area (Å²) in [5.41, 5.74) is 2.85. The van der Waals surface area contributed by atoms with Crippen LogP contribution in [0.2, 0.25) is 5.02 Å². The van der Waals surface area contributed by atoms with Crippen LogP contribution in [0.15, 0.2) is 24.3 Å². The van der Waals surface area contributed by atoms with Gasteiger partial charge in [0.1, 0.15) is 5.82 Å². The molecule has 1 saturated heterocycles. The summed E-state index contributed by atoms with van der Waals surface area (Å²) in [7, 11) is 0. The van der Waals surface area contributed by atoms with E-state index in [1.807, 2.05) is 0 Å². The largest absolute Gasteiger partial charge is 0.352 e. The van der Waals surface area contributed by atoms with Crippen LogP contribution in [-0.4, -0.2) is 47.2 Å². The summed E-state index contributed by atoms with van der Waals surface area (Å²) >= 11 is 5.79. The smallest absolute Gasteiger partial charge is 0.254 e. The molecule has 0 unspecified atom stereocenters. The van der Waals surface area contributed by atoms with Crippen molar-refractivity contribution in [2.45, 2.75) is 25.7 Å². The molecule has 1 aliphatic heterocycles. The molecule has 5 nitrogen and oxygen atoms in total. The number of aromatic nitrogens is 2. The number of anilines is 1. The summed E-state index contributed by atoms with van der Waals surface area (Å²) in [6.45, 7) is 2.58. The fourth-order valence-electron chi connectivity index (χ4n) is 3.58. The van der Waals surface area contributed by atoms with Crippen molar-refractivity contribution in [3.63, 3.8) is 0 Å². The second-order valence-corrected chi connectivity index (χ2v) is 7.20. The highest BCUT2D eigenvalue weighted by atomic mass is 35.5. The van der Waals surface area contributed by atoms with Crippen LogP contribution in [0.3, 0.4) is 0 Å². The average Bonchev–Trinajstić information content (AvgIpc) is 2.69. The number of carbonyl (C=O) groups is 1. The fraction of sp³-hybridized carbons (Fsp3) is 0.421. The first-order valence-electron chi connectivity index (χ1n) is 8.96. The van der Waals surface area contributed by atoms with E-state index in [0.717, 1.165) is 24.4 Å². The Kier molecular flexibility index (Phi) is 4.76. The third-order valence-corrected chi connectivity index (χ3v) is 5.40. The monoisotopic (exact) mass is 374 g/mol. The van der Waals surface area contributed by atoms with Gasteiger partial charge in [-0.2, -0.15) is 5.10 Å². The van der Waals surface area contributed by atoms with E-state index in [1.165, 1.54) is 36.6 Å². The number of fused-ring (bicyclic) bond motifs is 1. The number of halogens is 2. The highest BCUT2D eigenvalue weighted by Crippen LogP contribution is 2.23. The summed E-state index contributed by atoms with van der Waals surface area (Å²) in [5.74, 6) is 0.254. The van der Waals surface area contributed by atoms with Gasteiger partial charge in [0, 0.05) is 31.7 Å². The summed E-state index contributed by atoms with van der Waals surface area (Å²) < 4.78 is 13.3. The third-order valence-electron chi connectivity index (χ3n) is 5.11. The first-order valence-corrected chi connectivity index (χ1v) is 9.34. The molecule has 1 fully saturated rings. The molecule has 136 valence electrons. The first-order chi connectivity index (χ1) is 12.6. The molecule has 0 saturated carbocycles. The number of rotatable bonds is 2. The van der Waals surface area contributed by atoms with Gasteiger partial charge in [-0.3, -0.25) is 4.79 Å². The Morgan fingerprint density at radius 2 is 1.81 bits per heavy atom. The lowest BCUT2D eigenvalue weighted by Crippen LogP contribution is -2.49. The van der Waals surface area contributed by atoms with E-state index < -0.39 is 5.82 Å². The predicted molar refractivity (Wildman–Crippen MR) is 98.2 cm³/mol. The van der Waals surface area contributed by atoms with Crippen molar-refractivity contribution in [2.24, 2.45) is 0 Å². The number of nitrogens with zero attached hydrogens (tertiary/aromatic N) is 4. The molecule has 0 atom stereocenters. The van der Waals surface area contributed by atoms with Crippen LogP contribution in [0.25, 0.3) is 0 Å². The lowest BCUT2D eigenvalue weighted by Gasteiger charge is -2.35. The maximum Gasteiger partial charge on any atom is 0.254 e. The van der Waals surface area contributed by atoms with Crippen molar-refractivity contribution in [2.75, 3.05) is 31.1 Å². The van der Waals surface area contributed by atoms with E-state index in [-0.39, 0.29) is 10.9 Å². The molecule has 0 N–H and O–H groups in total. The zero-order valence-electron chi connectivity index (χ0n) is 14.4. The minimum atomic E-state index is -0.515. The number of amides is 1. The maximum atomic E-state index is 13.3. The third kappa shape index (κ3) is 3.38. The number of piperazine rings is 1. The molecule has 2 aromatic rings. The van der Waals surface area contributed by atoms with Gasteiger partial charge in [0.2, 0.25) is 0 Å². The summed E-state index contributed by atoms with van der Waals surface area (Å²) in [6, 6.07) is 6.25. The molecular formula is C19H20ClFN4O. The standard InChI is InChI=1S/C19H20ClFN4O/c20-15-11-14(5-6-16(15)21)19(26)25-9-7-24(8-10-25)18-12-13-3-1-2-4-17(13)22-23-18/h5-6,11-12H,1-4,7-10H2. The minimum Gasteiger partial charge on any atom is -0.352 e. The van der Waals surface area contributed by atoms with E-state index in [9.17, 15) is 9.18 Å². The lowest BCUT2D eigenvalue weighted by molar-refractivity contribution is 0.0746. The van der Waals surface area contributed by atoms with Crippen LogP contribution >= 0.6 is 11.6 Å². The van der Waals surface area contributed by atoms with Gasteiger partial charge < -0.3 is 9.80 Å². The van der Waals surface area contributed by atoms with Gasteiger partial charge >= 0.3 is 0 Å². The molecule has 1 aromatic heterocycles. The van der Waals surface area contributed by atoms with Crippen molar-refractivity contribution in [3.05, 3.63) is 51.9 Å². The Morgan fingerprint density at radius 3 is 2.58 bits per heavy atom. The Hall–Kier alpha value is -2.21. The molecule has 0 radical (unpaired) electrons. The molecule has 2 aliphatic rings. The molecule has 7 heteroatoms. The topological polar surface area (TPSA) is 49.3 Å². The molecule has 2 heterocycles. The quantitative estimate of drug-likeness (QED) is 0.810. The van der Waals surface area contributed by atoms with Crippen LogP contribution in [-0.2, 0) is 12.8 Å².